The molecule has 5 atom stereocenters. The van der Waals surface area contributed by atoms with Crippen molar-refractivity contribution in [3.63, 3.8) is 0 Å². The molecule has 6 heteroatoms. The maximum absolute atomic E-state index is 12.8. The monoisotopic (exact) mass is 370 g/mol. The van der Waals surface area contributed by atoms with Crippen molar-refractivity contribution in [2.24, 2.45) is 5.92 Å². The molecule has 2 heterocycles. The average molecular weight is 370 g/mol. The van der Waals surface area contributed by atoms with Crippen molar-refractivity contribution >= 4 is 11.0 Å². The van der Waals surface area contributed by atoms with E-state index in [9.17, 15) is 20.1 Å². The molecule has 0 unspecified atom stereocenters. The minimum atomic E-state index is -1.26. The van der Waals surface area contributed by atoms with Gasteiger partial charge >= 0.3 is 5.63 Å². The number of ether oxygens (including phenoxy) is 1. The minimum Gasteiger partial charge on any atom is -0.508 e. The fraction of sp³-hybridized carbons (Fsp3) is 0.381. The van der Waals surface area contributed by atoms with Crippen molar-refractivity contribution in [1.82, 2.24) is 0 Å². The third kappa shape index (κ3) is 2.37. The Bertz CT molecular complexity index is 1030. The summed E-state index contributed by atoms with van der Waals surface area (Å²) in [6.07, 6.45) is 4.35. The number of phenolic OH excluding ortho intramolecular Hbond substituents is 1. The third-order valence-corrected chi connectivity index (χ3v) is 5.62. The molecule has 2 aromatic rings. The van der Waals surface area contributed by atoms with Gasteiger partial charge in [0.05, 0.1) is 10.9 Å². The van der Waals surface area contributed by atoms with E-state index in [0.29, 0.717) is 22.3 Å². The molecular formula is C21H22O6. The molecular weight excluding hydrogens is 348 g/mol. The predicted octanol–water partition coefficient (Wildman–Crippen LogP) is 2.53. The first kappa shape index (κ1) is 17.8. The zero-order chi connectivity index (χ0) is 19.5. The minimum absolute atomic E-state index is 0.00666. The first-order valence-electron chi connectivity index (χ1n) is 8.97. The molecule has 142 valence electrons. The molecule has 1 aromatic heterocycles. The van der Waals surface area contributed by atoms with Crippen LogP contribution in [-0.4, -0.2) is 33.1 Å². The summed E-state index contributed by atoms with van der Waals surface area (Å²) in [5.41, 5.74) is -0.529. The average Bonchev–Trinajstić information content (AvgIpc) is 3.10. The van der Waals surface area contributed by atoms with Gasteiger partial charge in [-0.05, 0) is 37.5 Å². The lowest BCUT2D eigenvalue weighted by Gasteiger charge is -2.35. The van der Waals surface area contributed by atoms with E-state index < -0.39 is 29.4 Å². The van der Waals surface area contributed by atoms with Crippen molar-refractivity contribution in [1.29, 1.82) is 0 Å². The van der Waals surface area contributed by atoms with Gasteiger partial charge < -0.3 is 24.5 Å². The van der Waals surface area contributed by atoms with E-state index in [1.54, 1.807) is 32.1 Å². The molecule has 0 amide bonds. The Hall–Kier alpha value is -2.57. The highest BCUT2D eigenvalue weighted by Crippen LogP contribution is 2.56. The number of aryl methyl sites for hydroxylation is 1. The topological polar surface area (TPSA) is 100 Å². The number of rotatable bonds is 3. The summed E-state index contributed by atoms with van der Waals surface area (Å²) >= 11 is 0. The SMILES string of the molecule is CC=C[C@H](O)[C@H](O)[C@@]12C=C[C@H](C)[C@H]1c1c(c3c(C)cc(O)cc3oc1=O)O2. The van der Waals surface area contributed by atoms with Gasteiger partial charge in [-0.25, -0.2) is 4.79 Å². The van der Waals surface area contributed by atoms with E-state index in [1.165, 1.54) is 12.1 Å². The summed E-state index contributed by atoms with van der Waals surface area (Å²) in [6.45, 7) is 5.47. The van der Waals surface area contributed by atoms with E-state index in [2.05, 4.69) is 0 Å². The molecule has 6 nitrogen and oxygen atoms in total. The molecule has 0 spiro atoms. The van der Waals surface area contributed by atoms with Crippen molar-refractivity contribution < 1.29 is 24.5 Å². The van der Waals surface area contributed by atoms with E-state index in [0.717, 1.165) is 0 Å². The second kappa shape index (κ2) is 5.97. The number of aromatic hydroxyl groups is 1. The number of benzene rings is 1. The quantitative estimate of drug-likeness (QED) is 0.567. The van der Waals surface area contributed by atoms with Crippen LogP contribution in [0.15, 0.2) is 45.6 Å². The van der Waals surface area contributed by atoms with E-state index in [4.69, 9.17) is 9.15 Å². The lowest BCUT2D eigenvalue weighted by molar-refractivity contribution is -0.0709. The van der Waals surface area contributed by atoms with Crippen molar-refractivity contribution in [2.75, 3.05) is 0 Å². The number of allylic oxidation sites excluding steroid dienone is 2. The van der Waals surface area contributed by atoms with Crippen LogP contribution in [-0.2, 0) is 0 Å². The zero-order valence-corrected chi connectivity index (χ0v) is 15.3. The first-order valence-corrected chi connectivity index (χ1v) is 8.97. The summed E-state index contributed by atoms with van der Waals surface area (Å²) in [4.78, 5) is 12.8. The normalized spacial score (nSPS) is 28.3. The van der Waals surface area contributed by atoms with Crippen LogP contribution in [0, 0.1) is 12.8 Å². The van der Waals surface area contributed by atoms with Gasteiger partial charge in [0.2, 0.25) is 0 Å². The van der Waals surface area contributed by atoms with Crippen LogP contribution in [0.2, 0.25) is 0 Å². The highest BCUT2D eigenvalue weighted by molar-refractivity contribution is 5.90. The van der Waals surface area contributed by atoms with Crippen LogP contribution in [0.4, 0.5) is 0 Å². The van der Waals surface area contributed by atoms with E-state index >= 15 is 0 Å². The highest BCUT2D eigenvalue weighted by atomic mass is 16.5. The van der Waals surface area contributed by atoms with Crippen molar-refractivity contribution in [3.05, 3.63) is 58.0 Å². The maximum atomic E-state index is 12.8. The van der Waals surface area contributed by atoms with E-state index in [-0.39, 0.29) is 17.3 Å². The van der Waals surface area contributed by atoms with Crippen LogP contribution >= 0.6 is 0 Å². The lowest BCUT2D eigenvalue weighted by Crippen LogP contribution is -2.52. The van der Waals surface area contributed by atoms with Gasteiger partial charge in [0.25, 0.3) is 0 Å². The Morgan fingerprint density at radius 1 is 1.30 bits per heavy atom. The molecule has 0 radical (unpaired) electrons. The number of fused-ring (bicyclic) bond motifs is 5. The summed E-state index contributed by atoms with van der Waals surface area (Å²) in [5, 5.41) is 31.7. The van der Waals surface area contributed by atoms with Crippen LogP contribution in [0.5, 0.6) is 11.5 Å². The van der Waals surface area contributed by atoms with Crippen LogP contribution in [0.1, 0.15) is 30.9 Å². The predicted molar refractivity (Wildman–Crippen MR) is 100 cm³/mol. The smallest absolute Gasteiger partial charge is 0.343 e. The number of aliphatic hydroxyl groups excluding tert-OH is 2. The standard InChI is InChI=1S/C21H22O6/c1-4-5-13(23)19(24)21-7-6-10(2)17(21)16-18(27-21)15-11(3)8-12(22)9-14(15)26-20(16)25/h4-10,13,17,19,22-24H,1-3H3/t10-,13-,17-,19-,21+/m0/s1. The Kier molecular flexibility index (Phi) is 3.94. The van der Waals surface area contributed by atoms with Gasteiger partial charge in [-0.3, -0.25) is 0 Å². The summed E-state index contributed by atoms with van der Waals surface area (Å²) < 4.78 is 11.7. The Morgan fingerprint density at radius 2 is 2.04 bits per heavy atom. The second-order valence-corrected chi connectivity index (χ2v) is 7.38. The second-order valence-electron chi connectivity index (χ2n) is 7.38. The van der Waals surface area contributed by atoms with Crippen LogP contribution in [0.3, 0.4) is 0 Å². The lowest BCUT2D eigenvalue weighted by atomic mass is 9.77. The Balaban J connectivity index is 1.98. The zero-order valence-electron chi connectivity index (χ0n) is 15.3. The third-order valence-electron chi connectivity index (χ3n) is 5.62. The molecule has 0 saturated carbocycles. The fourth-order valence-electron chi connectivity index (χ4n) is 4.47. The fourth-order valence-corrected chi connectivity index (χ4v) is 4.47. The summed E-state index contributed by atoms with van der Waals surface area (Å²) in [5.74, 6) is -0.216. The molecule has 0 fully saturated rings. The Morgan fingerprint density at radius 3 is 2.74 bits per heavy atom. The van der Waals surface area contributed by atoms with Gasteiger partial charge in [0.1, 0.15) is 29.3 Å². The molecule has 0 bridgehead atoms. The van der Waals surface area contributed by atoms with Gasteiger partial charge in [-0.2, -0.15) is 0 Å². The van der Waals surface area contributed by atoms with Crippen LogP contribution < -0.4 is 10.4 Å². The van der Waals surface area contributed by atoms with Crippen LogP contribution in [0.25, 0.3) is 11.0 Å². The molecule has 2 aliphatic rings. The van der Waals surface area contributed by atoms with Gasteiger partial charge in [0.15, 0.2) is 5.60 Å². The summed E-state index contributed by atoms with van der Waals surface area (Å²) in [6, 6.07) is 2.94. The number of aliphatic hydroxyl groups is 2. The number of phenols is 1. The molecule has 1 aliphatic heterocycles. The molecule has 3 N–H and O–H groups in total. The van der Waals surface area contributed by atoms with Gasteiger partial charge in [-0.1, -0.05) is 25.2 Å². The van der Waals surface area contributed by atoms with Crippen molar-refractivity contribution in [2.45, 2.75) is 44.5 Å². The summed E-state index contributed by atoms with van der Waals surface area (Å²) in [7, 11) is 0. The molecule has 0 saturated heterocycles. The number of hydrogen-bond acceptors (Lipinski definition) is 6. The molecule has 1 aromatic carbocycles. The Labute approximate surface area is 156 Å². The van der Waals surface area contributed by atoms with Gasteiger partial charge in [-0.15, -0.1) is 0 Å². The molecule has 1 aliphatic carbocycles. The molecule has 27 heavy (non-hydrogen) atoms. The van der Waals surface area contributed by atoms with E-state index in [1.807, 2.05) is 13.0 Å². The van der Waals surface area contributed by atoms with Gasteiger partial charge in [0, 0.05) is 12.0 Å². The largest absolute Gasteiger partial charge is 0.508 e. The molecule has 4 rings (SSSR count). The van der Waals surface area contributed by atoms with Crippen molar-refractivity contribution in [3.8, 4) is 11.5 Å². The maximum Gasteiger partial charge on any atom is 0.343 e. The first-order chi connectivity index (χ1) is 12.8. The number of hydrogen-bond donors (Lipinski definition) is 3. The highest BCUT2D eigenvalue weighted by Gasteiger charge is 2.59.